The van der Waals surface area contributed by atoms with Crippen LogP contribution in [0.4, 0.5) is 0 Å². The molecule has 1 N–H and O–H groups in total. The van der Waals surface area contributed by atoms with E-state index in [9.17, 15) is 14.4 Å². The molecule has 7 heteroatoms. The molecule has 0 aromatic heterocycles. The predicted octanol–water partition coefficient (Wildman–Crippen LogP) is 0.327. The summed E-state index contributed by atoms with van der Waals surface area (Å²) in [7, 11) is 1.12. The lowest BCUT2D eigenvalue weighted by atomic mass is 10.1. The van der Waals surface area contributed by atoms with Crippen LogP contribution in [0.5, 0.6) is 0 Å². The van der Waals surface area contributed by atoms with Crippen molar-refractivity contribution in [1.29, 1.82) is 0 Å². The molecule has 1 atom stereocenters. The molecule has 98 valence electrons. The molecule has 2 rings (SSSR count). The van der Waals surface area contributed by atoms with Crippen molar-refractivity contribution in [3.8, 4) is 0 Å². The van der Waals surface area contributed by atoms with Crippen molar-refractivity contribution < 1.29 is 19.1 Å². The Morgan fingerprint density at radius 1 is 1.32 bits per heavy atom. The van der Waals surface area contributed by atoms with Crippen LogP contribution in [-0.4, -0.2) is 36.6 Å². The van der Waals surface area contributed by atoms with Crippen LogP contribution in [-0.2, 0) is 19.1 Å². The van der Waals surface area contributed by atoms with Crippen LogP contribution in [0.1, 0.15) is 5.56 Å². The standard InChI is InChI=1S/C12H9ClN2O4/c1-19-12(18)8-9(16)11(17)15-10(14-8)6-2-4-7(13)5-3-6/h2-5,8H,1H3,(H,14,15,17). The number of hydrogen-bond acceptors (Lipinski definition) is 5. The first-order chi connectivity index (χ1) is 9.02. The highest BCUT2D eigenvalue weighted by molar-refractivity contribution is 6.46. The molecule has 0 fully saturated rings. The molecule has 1 unspecified atom stereocenters. The zero-order valence-corrected chi connectivity index (χ0v) is 10.6. The highest BCUT2D eigenvalue weighted by Crippen LogP contribution is 2.12. The van der Waals surface area contributed by atoms with Gasteiger partial charge in [0.1, 0.15) is 5.84 Å². The summed E-state index contributed by atoms with van der Waals surface area (Å²) in [5, 5.41) is 2.84. The Bertz CT molecular complexity index is 580. The summed E-state index contributed by atoms with van der Waals surface area (Å²) in [6.07, 6.45) is 0. The molecule has 1 amide bonds. The summed E-state index contributed by atoms with van der Waals surface area (Å²) >= 11 is 5.75. The molecule has 0 saturated carbocycles. The monoisotopic (exact) mass is 280 g/mol. The second-order valence-corrected chi connectivity index (χ2v) is 4.17. The molecule has 0 spiro atoms. The number of carbonyl (C=O) groups is 3. The normalized spacial score (nSPS) is 18.6. The molecule has 0 bridgehead atoms. The Morgan fingerprint density at radius 2 is 1.95 bits per heavy atom. The number of ether oxygens (including phenoxy) is 1. The summed E-state index contributed by atoms with van der Waals surface area (Å²) in [6, 6.07) is 4.99. The van der Waals surface area contributed by atoms with Crippen molar-refractivity contribution in [3.63, 3.8) is 0 Å². The minimum absolute atomic E-state index is 0.136. The topological polar surface area (TPSA) is 84.8 Å². The Kier molecular flexibility index (Phi) is 3.62. The largest absolute Gasteiger partial charge is 0.467 e. The molecular formula is C12H9ClN2O4. The van der Waals surface area contributed by atoms with Gasteiger partial charge in [0.15, 0.2) is 0 Å². The van der Waals surface area contributed by atoms with E-state index < -0.39 is 23.7 Å². The SMILES string of the molecule is COC(=O)C1N=C(c2ccc(Cl)cc2)NC(=O)C1=O. The predicted molar refractivity (Wildman–Crippen MR) is 66.9 cm³/mol. The third kappa shape index (κ3) is 2.63. The zero-order valence-electron chi connectivity index (χ0n) is 9.84. The van der Waals surface area contributed by atoms with Crippen LogP contribution >= 0.6 is 11.6 Å². The van der Waals surface area contributed by atoms with Crippen LogP contribution in [0, 0.1) is 0 Å². The molecule has 0 aliphatic carbocycles. The third-order valence-corrected chi connectivity index (χ3v) is 2.76. The van der Waals surface area contributed by atoms with E-state index in [1.807, 2.05) is 0 Å². The Labute approximate surface area is 113 Å². The number of ketones is 1. The highest BCUT2D eigenvalue weighted by atomic mass is 35.5. The number of nitrogens with zero attached hydrogens (tertiary/aromatic N) is 1. The fourth-order valence-corrected chi connectivity index (χ4v) is 1.67. The second-order valence-electron chi connectivity index (χ2n) is 3.73. The van der Waals surface area contributed by atoms with Gasteiger partial charge in [0.25, 0.3) is 11.7 Å². The highest BCUT2D eigenvalue weighted by Gasteiger charge is 2.37. The maximum Gasteiger partial charge on any atom is 0.339 e. The summed E-state index contributed by atoms with van der Waals surface area (Å²) in [4.78, 5) is 38.3. The lowest BCUT2D eigenvalue weighted by Crippen LogP contribution is -2.49. The number of benzene rings is 1. The van der Waals surface area contributed by atoms with Crippen LogP contribution < -0.4 is 5.32 Å². The molecule has 1 aliphatic heterocycles. The van der Waals surface area contributed by atoms with Crippen LogP contribution in [0.2, 0.25) is 5.02 Å². The number of amides is 1. The third-order valence-electron chi connectivity index (χ3n) is 2.50. The maximum absolute atomic E-state index is 11.5. The van der Waals surface area contributed by atoms with Crippen molar-refractivity contribution in [1.82, 2.24) is 5.32 Å². The number of methoxy groups -OCH3 is 1. The van der Waals surface area contributed by atoms with Gasteiger partial charge in [0.05, 0.1) is 7.11 Å². The van der Waals surface area contributed by atoms with E-state index in [1.54, 1.807) is 24.3 Å². The van der Waals surface area contributed by atoms with Gasteiger partial charge in [-0.15, -0.1) is 0 Å². The van der Waals surface area contributed by atoms with Gasteiger partial charge in [-0.05, 0) is 24.3 Å². The van der Waals surface area contributed by atoms with Crippen LogP contribution in [0.25, 0.3) is 0 Å². The lowest BCUT2D eigenvalue weighted by Gasteiger charge is -2.18. The van der Waals surface area contributed by atoms with Crippen molar-refractivity contribution in [2.45, 2.75) is 6.04 Å². The number of nitrogens with one attached hydrogen (secondary N) is 1. The number of hydrogen-bond donors (Lipinski definition) is 1. The van der Waals surface area contributed by atoms with Gasteiger partial charge < -0.3 is 10.1 Å². The van der Waals surface area contributed by atoms with Gasteiger partial charge in [-0.2, -0.15) is 0 Å². The van der Waals surface area contributed by atoms with E-state index in [2.05, 4.69) is 15.0 Å². The summed E-state index contributed by atoms with van der Waals surface area (Å²) in [5.74, 6) is -2.57. The number of rotatable bonds is 2. The summed E-state index contributed by atoms with van der Waals surface area (Å²) in [5.41, 5.74) is 0.541. The van der Waals surface area contributed by atoms with E-state index in [0.29, 0.717) is 10.6 Å². The summed E-state index contributed by atoms with van der Waals surface area (Å²) < 4.78 is 4.44. The van der Waals surface area contributed by atoms with Crippen LogP contribution in [0.15, 0.2) is 29.3 Å². The smallest absolute Gasteiger partial charge is 0.339 e. The number of halogens is 1. The van der Waals surface area contributed by atoms with Crippen molar-refractivity contribution in [3.05, 3.63) is 34.9 Å². The lowest BCUT2D eigenvalue weighted by molar-refractivity contribution is -0.149. The first-order valence-electron chi connectivity index (χ1n) is 5.29. The quantitative estimate of drug-likeness (QED) is 0.480. The van der Waals surface area contributed by atoms with Gasteiger partial charge in [0, 0.05) is 10.6 Å². The van der Waals surface area contributed by atoms with E-state index in [4.69, 9.17) is 11.6 Å². The molecule has 6 nitrogen and oxygen atoms in total. The minimum atomic E-state index is -1.45. The van der Waals surface area contributed by atoms with E-state index >= 15 is 0 Å². The molecule has 1 aromatic carbocycles. The van der Waals surface area contributed by atoms with Crippen molar-refractivity contribution in [2.75, 3.05) is 7.11 Å². The molecule has 1 heterocycles. The van der Waals surface area contributed by atoms with E-state index in [-0.39, 0.29) is 5.84 Å². The van der Waals surface area contributed by atoms with E-state index in [1.165, 1.54) is 0 Å². The van der Waals surface area contributed by atoms with Gasteiger partial charge >= 0.3 is 5.97 Å². The zero-order chi connectivity index (χ0) is 14.0. The molecule has 1 aromatic rings. The van der Waals surface area contributed by atoms with Gasteiger partial charge in [0.2, 0.25) is 6.04 Å². The Balaban J connectivity index is 2.39. The van der Waals surface area contributed by atoms with E-state index in [0.717, 1.165) is 7.11 Å². The van der Waals surface area contributed by atoms with Gasteiger partial charge in [-0.1, -0.05) is 11.6 Å². The van der Waals surface area contributed by atoms with Gasteiger partial charge in [-0.3, -0.25) is 9.59 Å². The number of amidine groups is 1. The second kappa shape index (κ2) is 5.19. The first kappa shape index (κ1) is 13.2. The molecule has 0 saturated heterocycles. The minimum Gasteiger partial charge on any atom is -0.467 e. The Hall–Kier alpha value is -2.21. The number of Topliss-reactive ketones (excluding diaryl/α,β-unsaturated/α-hetero) is 1. The maximum atomic E-state index is 11.5. The van der Waals surface area contributed by atoms with Crippen molar-refractivity contribution >= 4 is 35.1 Å². The number of aliphatic imine (C=N–C) groups is 1. The first-order valence-corrected chi connectivity index (χ1v) is 5.67. The number of carbonyl (C=O) groups excluding carboxylic acids is 3. The Morgan fingerprint density at radius 3 is 2.53 bits per heavy atom. The fraction of sp³-hybridized carbons (Fsp3) is 0.167. The summed E-state index contributed by atoms with van der Waals surface area (Å²) in [6.45, 7) is 0. The molecule has 19 heavy (non-hydrogen) atoms. The van der Waals surface area contributed by atoms with Gasteiger partial charge in [-0.25, -0.2) is 9.79 Å². The fourth-order valence-electron chi connectivity index (χ4n) is 1.54. The molecule has 0 radical (unpaired) electrons. The molecule has 1 aliphatic rings. The average Bonchev–Trinajstić information content (AvgIpc) is 2.41. The van der Waals surface area contributed by atoms with Crippen LogP contribution in [0.3, 0.4) is 0 Å². The molecular weight excluding hydrogens is 272 g/mol. The van der Waals surface area contributed by atoms with Crippen molar-refractivity contribution in [2.24, 2.45) is 4.99 Å². The average molecular weight is 281 g/mol. The number of esters is 1.